The van der Waals surface area contributed by atoms with Gasteiger partial charge in [-0.15, -0.1) is 0 Å². The van der Waals surface area contributed by atoms with Crippen molar-refractivity contribution in [3.8, 4) is 0 Å². The van der Waals surface area contributed by atoms with Gasteiger partial charge in [-0.2, -0.15) is 0 Å². The van der Waals surface area contributed by atoms with Crippen molar-refractivity contribution in [2.75, 3.05) is 6.61 Å². The van der Waals surface area contributed by atoms with E-state index >= 15 is 0 Å². The van der Waals surface area contributed by atoms with Crippen molar-refractivity contribution < 1.29 is 9.84 Å². The summed E-state index contributed by atoms with van der Waals surface area (Å²) in [5, 5.41) is 8.78. The number of rotatable bonds is 0. The first-order valence-electron chi connectivity index (χ1n) is 3.60. The van der Waals surface area contributed by atoms with Crippen LogP contribution in [0.4, 0.5) is 0 Å². The molecule has 0 aromatic rings. The van der Waals surface area contributed by atoms with Crippen LogP contribution in [-0.2, 0) is 4.74 Å². The fourth-order valence-corrected chi connectivity index (χ4v) is 0.682. The van der Waals surface area contributed by atoms with Gasteiger partial charge < -0.3 is 9.84 Å². The molecule has 0 bridgehead atoms. The van der Waals surface area contributed by atoms with Crippen LogP contribution in [0.15, 0.2) is 0 Å². The van der Waals surface area contributed by atoms with E-state index in [-0.39, 0.29) is 0 Å². The Labute approximate surface area is 56.8 Å². The second-order valence-electron chi connectivity index (χ2n) is 2.03. The molecule has 0 radical (unpaired) electrons. The summed E-state index contributed by atoms with van der Waals surface area (Å²) in [6.45, 7) is 6.71. The fourth-order valence-electron chi connectivity index (χ4n) is 0.682. The van der Waals surface area contributed by atoms with E-state index in [0.29, 0.717) is 5.92 Å². The maximum Gasteiger partial charge on any atom is 0.157 e. The van der Waals surface area contributed by atoms with E-state index < -0.39 is 6.29 Å². The van der Waals surface area contributed by atoms with E-state index in [1.54, 1.807) is 0 Å². The molecule has 1 rings (SSSR count). The zero-order chi connectivity index (χ0) is 7.28. The van der Waals surface area contributed by atoms with Crippen LogP contribution in [0.5, 0.6) is 0 Å². The Kier molecular flexibility index (Phi) is 4.72. The van der Waals surface area contributed by atoms with Crippen LogP contribution in [0.2, 0.25) is 0 Å². The van der Waals surface area contributed by atoms with E-state index in [9.17, 15) is 0 Å². The summed E-state index contributed by atoms with van der Waals surface area (Å²) >= 11 is 0. The highest BCUT2D eigenvalue weighted by Crippen LogP contribution is 2.16. The molecule has 0 aromatic heterocycles. The topological polar surface area (TPSA) is 29.5 Å². The molecule has 1 heterocycles. The molecule has 9 heavy (non-hydrogen) atoms. The molecule has 1 N–H and O–H groups in total. The van der Waals surface area contributed by atoms with Gasteiger partial charge in [-0.25, -0.2) is 0 Å². The van der Waals surface area contributed by atoms with Gasteiger partial charge in [-0.3, -0.25) is 0 Å². The molecule has 56 valence electrons. The van der Waals surface area contributed by atoms with Crippen molar-refractivity contribution >= 4 is 0 Å². The minimum atomic E-state index is -0.486. The average Bonchev–Trinajstić information content (AvgIpc) is 2.23. The van der Waals surface area contributed by atoms with E-state index in [4.69, 9.17) is 9.84 Å². The molecule has 1 aliphatic heterocycles. The maximum absolute atomic E-state index is 8.78. The zero-order valence-corrected chi connectivity index (χ0v) is 6.42. The van der Waals surface area contributed by atoms with Crippen LogP contribution >= 0.6 is 0 Å². The molecule has 0 aliphatic carbocycles. The highest BCUT2D eigenvalue weighted by molar-refractivity contribution is 4.61. The minimum absolute atomic E-state index is 0.347. The first kappa shape index (κ1) is 8.92. The standard InChI is InChI=1S/C5H10O2.C2H6/c1-4-2-3-7-5(4)6;1-2/h4-6H,2-3H2,1H3;1-2H3/t4-,5?;/m0./s1. The Morgan fingerprint density at radius 2 is 2.00 bits per heavy atom. The summed E-state index contributed by atoms with van der Waals surface area (Å²) in [4.78, 5) is 0. The minimum Gasteiger partial charge on any atom is -0.368 e. The molecule has 0 aromatic carbocycles. The summed E-state index contributed by atoms with van der Waals surface area (Å²) in [5.41, 5.74) is 0. The van der Waals surface area contributed by atoms with Gasteiger partial charge in [-0.05, 0) is 6.42 Å². The molecule has 2 atom stereocenters. The molecule has 1 unspecified atom stereocenters. The van der Waals surface area contributed by atoms with Gasteiger partial charge in [-0.1, -0.05) is 20.8 Å². The maximum atomic E-state index is 8.78. The van der Waals surface area contributed by atoms with Gasteiger partial charge in [0.15, 0.2) is 6.29 Å². The zero-order valence-electron chi connectivity index (χ0n) is 6.42. The van der Waals surface area contributed by atoms with Gasteiger partial charge in [0.2, 0.25) is 0 Å². The molecular weight excluding hydrogens is 116 g/mol. The van der Waals surface area contributed by atoms with Gasteiger partial charge in [0.1, 0.15) is 0 Å². The molecule has 2 heteroatoms. The number of hydrogen-bond acceptors (Lipinski definition) is 2. The third-order valence-electron chi connectivity index (χ3n) is 1.35. The Morgan fingerprint density at radius 1 is 1.44 bits per heavy atom. The Bertz CT molecular complexity index is 55.9. The number of aliphatic hydroxyl groups excluding tert-OH is 1. The second kappa shape index (κ2) is 4.77. The molecule has 1 fully saturated rings. The molecular formula is C7H16O2. The van der Waals surface area contributed by atoms with E-state index in [2.05, 4.69) is 0 Å². The van der Waals surface area contributed by atoms with Crippen molar-refractivity contribution in [1.82, 2.24) is 0 Å². The van der Waals surface area contributed by atoms with E-state index in [0.717, 1.165) is 13.0 Å². The summed E-state index contributed by atoms with van der Waals surface area (Å²) in [6, 6.07) is 0. The lowest BCUT2D eigenvalue weighted by Crippen LogP contribution is -2.10. The van der Waals surface area contributed by atoms with Crippen molar-refractivity contribution in [1.29, 1.82) is 0 Å². The Balaban J connectivity index is 0.000000291. The summed E-state index contributed by atoms with van der Waals surface area (Å²) < 4.78 is 4.82. The Morgan fingerprint density at radius 3 is 2.11 bits per heavy atom. The highest BCUT2D eigenvalue weighted by Gasteiger charge is 2.20. The third-order valence-corrected chi connectivity index (χ3v) is 1.35. The molecule has 2 nitrogen and oxygen atoms in total. The first-order chi connectivity index (χ1) is 4.30. The van der Waals surface area contributed by atoms with Gasteiger partial charge in [0.05, 0.1) is 6.61 Å². The number of aliphatic hydroxyl groups is 1. The van der Waals surface area contributed by atoms with Crippen LogP contribution in [0, 0.1) is 5.92 Å². The lowest BCUT2D eigenvalue weighted by molar-refractivity contribution is -0.0786. The highest BCUT2D eigenvalue weighted by atomic mass is 16.6. The van der Waals surface area contributed by atoms with Crippen molar-refractivity contribution in [3.05, 3.63) is 0 Å². The number of ether oxygens (including phenoxy) is 1. The molecule has 0 amide bonds. The van der Waals surface area contributed by atoms with Crippen molar-refractivity contribution in [3.63, 3.8) is 0 Å². The van der Waals surface area contributed by atoms with Crippen molar-refractivity contribution in [2.24, 2.45) is 5.92 Å². The third kappa shape index (κ3) is 2.82. The largest absolute Gasteiger partial charge is 0.368 e. The van der Waals surface area contributed by atoms with E-state index in [1.165, 1.54) is 0 Å². The van der Waals surface area contributed by atoms with Crippen LogP contribution in [-0.4, -0.2) is 18.0 Å². The summed E-state index contributed by atoms with van der Waals surface area (Å²) in [6.07, 6.45) is 0.515. The molecule has 0 saturated carbocycles. The predicted molar refractivity (Wildman–Crippen MR) is 37.1 cm³/mol. The quantitative estimate of drug-likeness (QED) is 0.539. The molecule has 0 spiro atoms. The van der Waals surface area contributed by atoms with Gasteiger partial charge in [0.25, 0.3) is 0 Å². The van der Waals surface area contributed by atoms with Crippen LogP contribution in [0.3, 0.4) is 0 Å². The SMILES string of the molecule is CC.C[C@H]1CCOC1O. The van der Waals surface area contributed by atoms with Gasteiger partial charge in [0, 0.05) is 5.92 Å². The average molecular weight is 132 g/mol. The second-order valence-corrected chi connectivity index (χ2v) is 2.03. The smallest absolute Gasteiger partial charge is 0.157 e. The lowest BCUT2D eigenvalue weighted by Gasteiger charge is -2.03. The normalized spacial score (nSPS) is 33.3. The number of hydrogen-bond donors (Lipinski definition) is 1. The van der Waals surface area contributed by atoms with Crippen molar-refractivity contribution in [2.45, 2.75) is 33.5 Å². The molecule has 1 aliphatic rings. The fraction of sp³-hybridized carbons (Fsp3) is 1.00. The van der Waals surface area contributed by atoms with Crippen LogP contribution < -0.4 is 0 Å². The predicted octanol–water partition coefficient (Wildman–Crippen LogP) is 1.39. The van der Waals surface area contributed by atoms with Crippen LogP contribution in [0.1, 0.15) is 27.2 Å². The first-order valence-corrected chi connectivity index (χ1v) is 3.60. The Hall–Kier alpha value is -0.0800. The summed E-state index contributed by atoms with van der Waals surface area (Å²) in [5.74, 6) is 0.347. The van der Waals surface area contributed by atoms with Crippen LogP contribution in [0.25, 0.3) is 0 Å². The summed E-state index contributed by atoms with van der Waals surface area (Å²) in [7, 11) is 0. The monoisotopic (exact) mass is 132 g/mol. The van der Waals surface area contributed by atoms with E-state index in [1.807, 2.05) is 20.8 Å². The molecule has 1 saturated heterocycles. The van der Waals surface area contributed by atoms with Gasteiger partial charge >= 0.3 is 0 Å². The lowest BCUT2D eigenvalue weighted by atomic mass is 10.1.